The number of carboxylic acids is 1. The smallest absolute Gasteiger partial charge is 0.338 e. The highest BCUT2D eigenvalue weighted by atomic mass is 19.1. The highest BCUT2D eigenvalue weighted by Crippen LogP contribution is 2.34. The molecule has 0 fully saturated rings. The Morgan fingerprint density at radius 3 is 2.40 bits per heavy atom. The molecule has 0 spiro atoms. The number of hydrogen-bond acceptors (Lipinski definition) is 2. The summed E-state index contributed by atoms with van der Waals surface area (Å²) in [5.74, 6) is -1.41. The van der Waals surface area contributed by atoms with Crippen LogP contribution in [0.25, 0.3) is 11.1 Å². The van der Waals surface area contributed by atoms with Gasteiger partial charge in [0.05, 0.1) is 5.56 Å². The standard InChI is InChI=1S/C21H17FO3/c1-14-11-18(21(23)24)19(22)12-17(14)16-9-5-6-10-20(16)25-13-15-7-3-2-4-8-15/h2-12H,13H2,1H3,(H,23,24). The summed E-state index contributed by atoms with van der Waals surface area (Å²) in [6.07, 6.45) is 0. The van der Waals surface area contributed by atoms with Gasteiger partial charge in [-0.2, -0.15) is 0 Å². The molecule has 0 unspecified atom stereocenters. The Labute approximate surface area is 145 Å². The zero-order valence-corrected chi connectivity index (χ0v) is 13.7. The van der Waals surface area contributed by atoms with Crippen molar-refractivity contribution < 1.29 is 19.0 Å². The Bertz CT molecular complexity index is 904. The number of aryl methyl sites for hydroxylation is 1. The van der Waals surface area contributed by atoms with Gasteiger partial charge in [-0.15, -0.1) is 0 Å². The third kappa shape index (κ3) is 3.69. The molecule has 4 heteroatoms. The van der Waals surface area contributed by atoms with Crippen LogP contribution in [0, 0.1) is 12.7 Å². The Morgan fingerprint density at radius 2 is 1.68 bits per heavy atom. The second kappa shape index (κ2) is 7.18. The van der Waals surface area contributed by atoms with Gasteiger partial charge in [0.15, 0.2) is 0 Å². The Morgan fingerprint density at radius 1 is 1.00 bits per heavy atom. The fourth-order valence-corrected chi connectivity index (χ4v) is 2.69. The van der Waals surface area contributed by atoms with Gasteiger partial charge in [0, 0.05) is 5.56 Å². The van der Waals surface area contributed by atoms with Gasteiger partial charge in [-0.1, -0.05) is 48.5 Å². The Balaban J connectivity index is 1.96. The van der Waals surface area contributed by atoms with Gasteiger partial charge in [-0.05, 0) is 41.8 Å². The van der Waals surface area contributed by atoms with E-state index in [0.717, 1.165) is 11.1 Å². The lowest BCUT2D eigenvalue weighted by molar-refractivity contribution is 0.0692. The van der Waals surface area contributed by atoms with E-state index < -0.39 is 11.8 Å². The maximum Gasteiger partial charge on any atom is 0.338 e. The number of rotatable bonds is 5. The SMILES string of the molecule is Cc1cc(C(=O)O)c(F)cc1-c1ccccc1OCc1ccccc1. The van der Waals surface area contributed by atoms with E-state index in [1.54, 1.807) is 6.92 Å². The largest absolute Gasteiger partial charge is 0.488 e. The van der Waals surface area contributed by atoms with Crippen molar-refractivity contribution in [1.29, 1.82) is 0 Å². The first-order valence-electron chi connectivity index (χ1n) is 7.86. The van der Waals surface area contributed by atoms with Crippen LogP contribution in [0.1, 0.15) is 21.5 Å². The van der Waals surface area contributed by atoms with E-state index in [2.05, 4.69) is 0 Å². The predicted octanol–water partition coefficient (Wildman–Crippen LogP) is 5.08. The lowest BCUT2D eigenvalue weighted by atomic mass is 9.97. The van der Waals surface area contributed by atoms with E-state index in [0.29, 0.717) is 23.5 Å². The topological polar surface area (TPSA) is 46.5 Å². The van der Waals surface area contributed by atoms with E-state index in [1.165, 1.54) is 12.1 Å². The first-order valence-corrected chi connectivity index (χ1v) is 7.86. The van der Waals surface area contributed by atoms with Gasteiger partial charge in [0.25, 0.3) is 0 Å². The van der Waals surface area contributed by atoms with Crippen LogP contribution in [-0.2, 0) is 6.61 Å². The molecule has 3 rings (SSSR count). The molecule has 1 N–H and O–H groups in total. The van der Waals surface area contributed by atoms with Crippen molar-refractivity contribution in [2.45, 2.75) is 13.5 Å². The van der Waals surface area contributed by atoms with E-state index >= 15 is 0 Å². The van der Waals surface area contributed by atoms with Crippen molar-refractivity contribution >= 4 is 5.97 Å². The quantitative estimate of drug-likeness (QED) is 0.707. The summed E-state index contributed by atoms with van der Waals surface area (Å²) in [6.45, 7) is 2.15. The molecule has 0 bridgehead atoms. The van der Waals surface area contributed by atoms with Crippen LogP contribution >= 0.6 is 0 Å². The molecule has 0 saturated carbocycles. The van der Waals surface area contributed by atoms with Crippen molar-refractivity contribution in [3.05, 3.63) is 89.2 Å². The monoisotopic (exact) mass is 336 g/mol. The fourth-order valence-electron chi connectivity index (χ4n) is 2.69. The minimum atomic E-state index is -1.28. The third-order valence-electron chi connectivity index (χ3n) is 3.96. The lowest BCUT2D eigenvalue weighted by Crippen LogP contribution is -2.03. The van der Waals surface area contributed by atoms with Crippen molar-refractivity contribution in [3.8, 4) is 16.9 Å². The second-order valence-electron chi connectivity index (χ2n) is 5.72. The summed E-state index contributed by atoms with van der Waals surface area (Å²) in [4.78, 5) is 11.1. The van der Waals surface area contributed by atoms with Crippen molar-refractivity contribution in [3.63, 3.8) is 0 Å². The molecule has 0 atom stereocenters. The zero-order valence-electron chi connectivity index (χ0n) is 13.7. The molecule has 3 aromatic carbocycles. The normalized spacial score (nSPS) is 10.5. The minimum Gasteiger partial charge on any atom is -0.488 e. The van der Waals surface area contributed by atoms with E-state index in [1.807, 2.05) is 54.6 Å². The molecule has 0 radical (unpaired) electrons. The Kier molecular flexibility index (Phi) is 4.80. The highest BCUT2D eigenvalue weighted by molar-refractivity contribution is 5.89. The average molecular weight is 336 g/mol. The summed E-state index contributed by atoms with van der Waals surface area (Å²) >= 11 is 0. The highest BCUT2D eigenvalue weighted by Gasteiger charge is 2.16. The maximum atomic E-state index is 14.1. The van der Waals surface area contributed by atoms with Crippen molar-refractivity contribution in [2.75, 3.05) is 0 Å². The molecule has 0 aliphatic carbocycles. The minimum absolute atomic E-state index is 0.330. The summed E-state index contributed by atoms with van der Waals surface area (Å²) in [7, 11) is 0. The molecule has 25 heavy (non-hydrogen) atoms. The van der Waals surface area contributed by atoms with Gasteiger partial charge in [-0.25, -0.2) is 9.18 Å². The second-order valence-corrected chi connectivity index (χ2v) is 5.72. The first kappa shape index (κ1) is 16.7. The molecule has 3 aromatic rings. The molecular weight excluding hydrogens is 319 g/mol. The van der Waals surface area contributed by atoms with Crippen LogP contribution in [0.5, 0.6) is 5.75 Å². The number of hydrogen-bond donors (Lipinski definition) is 1. The molecular formula is C21H17FO3. The number of carbonyl (C=O) groups is 1. The van der Waals surface area contributed by atoms with Crippen LogP contribution in [0.2, 0.25) is 0 Å². The number of benzene rings is 3. The Hall–Kier alpha value is -3.14. The number of ether oxygens (including phenoxy) is 1. The summed E-state index contributed by atoms with van der Waals surface area (Å²) in [5.41, 5.74) is 2.72. The number of aromatic carboxylic acids is 1. The third-order valence-corrected chi connectivity index (χ3v) is 3.96. The van der Waals surface area contributed by atoms with Crippen molar-refractivity contribution in [2.24, 2.45) is 0 Å². The lowest BCUT2D eigenvalue weighted by Gasteiger charge is -2.14. The number of para-hydroxylation sites is 1. The van der Waals surface area contributed by atoms with Crippen LogP contribution in [0.3, 0.4) is 0 Å². The van der Waals surface area contributed by atoms with Gasteiger partial charge < -0.3 is 9.84 Å². The van der Waals surface area contributed by atoms with E-state index in [-0.39, 0.29) is 5.56 Å². The summed E-state index contributed by atoms with van der Waals surface area (Å²) in [6, 6.07) is 19.7. The molecule has 0 aliphatic rings. The van der Waals surface area contributed by atoms with Gasteiger partial charge in [0.1, 0.15) is 18.2 Å². The molecule has 126 valence electrons. The van der Waals surface area contributed by atoms with Crippen molar-refractivity contribution in [1.82, 2.24) is 0 Å². The van der Waals surface area contributed by atoms with E-state index in [4.69, 9.17) is 9.84 Å². The van der Waals surface area contributed by atoms with Gasteiger partial charge >= 0.3 is 5.97 Å². The zero-order chi connectivity index (χ0) is 17.8. The predicted molar refractivity (Wildman–Crippen MR) is 94.3 cm³/mol. The molecule has 0 aliphatic heterocycles. The van der Waals surface area contributed by atoms with Crippen LogP contribution in [-0.4, -0.2) is 11.1 Å². The summed E-state index contributed by atoms with van der Waals surface area (Å²) in [5, 5.41) is 9.05. The molecule has 3 nitrogen and oxygen atoms in total. The van der Waals surface area contributed by atoms with Crippen LogP contribution in [0.15, 0.2) is 66.7 Å². The van der Waals surface area contributed by atoms with Gasteiger partial charge in [0.2, 0.25) is 0 Å². The number of carboxylic acid groups (broad SMARTS) is 1. The molecule has 0 amide bonds. The van der Waals surface area contributed by atoms with E-state index in [9.17, 15) is 9.18 Å². The first-order chi connectivity index (χ1) is 12.1. The fraction of sp³-hybridized carbons (Fsp3) is 0.0952. The maximum absolute atomic E-state index is 14.1. The van der Waals surface area contributed by atoms with Gasteiger partial charge in [-0.3, -0.25) is 0 Å². The van der Waals surface area contributed by atoms with Crippen LogP contribution < -0.4 is 4.74 Å². The molecule has 0 saturated heterocycles. The van der Waals surface area contributed by atoms with Crippen LogP contribution in [0.4, 0.5) is 4.39 Å². The number of halogens is 1. The average Bonchev–Trinajstić information content (AvgIpc) is 2.62. The molecule has 0 aromatic heterocycles. The summed E-state index contributed by atoms with van der Waals surface area (Å²) < 4.78 is 20.0. The molecule has 0 heterocycles.